The third-order valence-corrected chi connectivity index (χ3v) is 4.74. The van der Waals surface area contributed by atoms with Gasteiger partial charge in [0, 0.05) is 13.1 Å². The van der Waals surface area contributed by atoms with E-state index in [0.29, 0.717) is 6.04 Å². The van der Waals surface area contributed by atoms with Crippen molar-refractivity contribution >= 4 is 5.69 Å². The van der Waals surface area contributed by atoms with E-state index < -0.39 is 0 Å². The van der Waals surface area contributed by atoms with E-state index >= 15 is 0 Å². The van der Waals surface area contributed by atoms with Gasteiger partial charge < -0.3 is 5.32 Å². The summed E-state index contributed by atoms with van der Waals surface area (Å²) >= 11 is 0. The molecule has 1 N–H and O–H groups in total. The minimum atomic E-state index is 0.304. The molecule has 0 aliphatic heterocycles. The standard InChI is InChI=1S/C18H25N3/c1-12(19-18-13(2)20-21(4)14(18)3)16-10-9-15-7-5-6-8-17(15)11-16/h9-12,19H,5-8H2,1-4H3. The van der Waals surface area contributed by atoms with Gasteiger partial charge in [-0.05, 0) is 63.1 Å². The van der Waals surface area contributed by atoms with Gasteiger partial charge in [-0.3, -0.25) is 4.68 Å². The van der Waals surface area contributed by atoms with Crippen molar-refractivity contribution in [1.29, 1.82) is 0 Å². The molecule has 2 aromatic rings. The smallest absolute Gasteiger partial charge is 0.0828 e. The Labute approximate surface area is 127 Å². The molecule has 1 aromatic heterocycles. The van der Waals surface area contributed by atoms with Crippen LogP contribution in [0.4, 0.5) is 5.69 Å². The predicted octanol–water partition coefficient (Wildman–Crippen LogP) is 4.09. The van der Waals surface area contributed by atoms with Crippen LogP contribution in [0.1, 0.15) is 53.9 Å². The summed E-state index contributed by atoms with van der Waals surface area (Å²) in [5.74, 6) is 0. The van der Waals surface area contributed by atoms with E-state index in [1.165, 1.54) is 42.6 Å². The second-order valence-electron chi connectivity index (χ2n) is 6.27. The van der Waals surface area contributed by atoms with Crippen molar-refractivity contribution in [3.05, 3.63) is 46.3 Å². The van der Waals surface area contributed by atoms with Gasteiger partial charge in [-0.1, -0.05) is 18.2 Å². The monoisotopic (exact) mass is 283 g/mol. The highest BCUT2D eigenvalue weighted by Crippen LogP contribution is 2.28. The maximum absolute atomic E-state index is 4.48. The highest BCUT2D eigenvalue weighted by atomic mass is 15.3. The van der Waals surface area contributed by atoms with Crippen molar-refractivity contribution in [3.8, 4) is 0 Å². The molecule has 1 unspecified atom stereocenters. The highest BCUT2D eigenvalue weighted by molar-refractivity contribution is 5.53. The van der Waals surface area contributed by atoms with E-state index in [-0.39, 0.29) is 0 Å². The van der Waals surface area contributed by atoms with Gasteiger partial charge in [-0.2, -0.15) is 5.10 Å². The Morgan fingerprint density at radius 1 is 1.14 bits per heavy atom. The van der Waals surface area contributed by atoms with Gasteiger partial charge in [0.05, 0.1) is 17.1 Å². The number of fused-ring (bicyclic) bond motifs is 1. The zero-order chi connectivity index (χ0) is 15.0. The molecule has 112 valence electrons. The molecule has 0 bridgehead atoms. The molecule has 1 heterocycles. The highest BCUT2D eigenvalue weighted by Gasteiger charge is 2.15. The summed E-state index contributed by atoms with van der Waals surface area (Å²) in [5, 5.41) is 8.12. The number of aromatic nitrogens is 2. The average molecular weight is 283 g/mol. The molecule has 3 rings (SSSR count). The molecule has 1 atom stereocenters. The van der Waals surface area contributed by atoms with Crippen molar-refractivity contribution in [3.63, 3.8) is 0 Å². The summed E-state index contributed by atoms with van der Waals surface area (Å²) in [4.78, 5) is 0. The third kappa shape index (κ3) is 2.69. The van der Waals surface area contributed by atoms with Crippen LogP contribution in [0, 0.1) is 13.8 Å². The van der Waals surface area contributed by atoms with Gasteiger partial charge >= 0.3 is 0 Å². The quantitative estimate of drug-likeness (QED) is 0.919. The summed E-state index contributed by atoms with van der Waals surface area (Å²) in [6.45, 7) is 6.41. The fraction of sp³-hybridized carbons (Fsp3) is 0.500. The maximum Gasteiger partial charge on any atom is 0.0828 e. The zero-order valence-electron chi connectivity index (χ0n) is 13.5. The van der Waals surface area contributed by atoms with Crippen LogP contribution in [0.3, 0.4) is 0 Å². The first kappa shape index (κ1) is 14.2. The lowest BCUT2D eigenvalue weighted by atomic mass is 9.89. The number of nitrogens with one attached hydrogen (secondary N) is 1. The molecule has 1 aliphatic carbocycles. The van der Waals surface area contributed by atoms with E-state index in [9.17, 15) is 0 Å². The first-order chi connectivity index (χ1) is 10.1. The molecule has 0 spiro atoms. The number of benzene rings is 1. The van der Waals surface area contributed by atoms with Crippen molar-refractivity contribution in [2.45, 2.75) is 52.5 Å². The predicted molar refractivity (Wildman–Crippen MR) is 87.8 cm³/mol. The minimum Gasteiger partial charge on any atom is -0.376 e. The summed E-state index contributed by atoms with van der Waals surface area (Å²) in [6, 6.07) is 7.31. The molecule has 0 saturated carbocycles. The first-order valence-electron chi connectivity index (χ1n) is 7.94. The number of anilines is 1. The first-order valence-corrected chi connectivity index (χ1v) is 7.94. The van der Waals surface area contributed by atoms with Crippen molar-refractivity contribution in [1.82, 2.24) is 9.78 Å². The Morgan fingerprint density at radius 2 is 1.86 bits per heavy atom. The molecular weight excluding hydrogens is 258 g/mol. The molecule has 0 amide bonds. The number of hydrogen-bond acceptors (Lipinski definition) is 2. The molecule has 0 saturated heterocycles. The zero-order valence-corrected chi connectivity index (χ0v) is 13.5. The summed E-state index contributed by atoms with van der Waals surface area (Å²) in [5.41, 5.74) is 7.90. The summed E-state index contributed by atoms with van der Waals surface area (Å²) in [6.07, 6.45) is 5.16. The topological polar surface area (TPSA) is 29.9 Å². The normalized spacial score (nSPS) is 15.6. The van der Waals surface area contributed by atoms with Crippen LogP contribution in [0.5, 0.6) is 0 Å². The SMILES string of the molecule is Cc1nn(C)c(C)c1NC(C)c1ccc2c(c1)CCCC2. The van der Waals surface area contributed by atoms with E-state index in [1.54, 1.807) is 11.1 Å². The van der Waals surface area contributed by atoms with E-state index in [4.69, 9.17) is 0 Å². The molecule has 21 heavy (non-hydrogen) atoms. The Kier molecular flexibility index (Phi) is 3.75. The lowest BCUT2D eigenvalue weighted by molar-refractivity contribution is 0.683. The molecule has 1 aromatic carbocycles. The van der Waals surface area contributed by atoms with Crippen LogP contribution in [-0.4, -0.2) is 9.78 Å². The maximum atomic E-state index is 4.48. The van der Waals surface area contributed by atoms with Crippen LogP contribution >= 0.6 is 0 Å². The lowest BCUT2D eigenvalue weighted by Gasteiger charge is -2.21. The number of aryl methyl sites for hydroxylation is 4. The van der Waals surface area contributed by atoms with Crippen molar-refractivity contribution < 1.29 is 0 Å². The molecule has 0 radical (unpaired) electrons. The number of hydrogen-bond donors (Lipinski definition) is 1. The Morgan fingerprint density at radius 3 is 2.52 bits per heavy atom. The van der Waals surface area contributed by atoms with E-state index in [0.717, 1.165) is 5.69 Å². The Balaban J connectivity index is 1.83. The fourth-order valence-corrected chi connectivity index (χ4v) is 3.31. The van der Waals surface area contributed by atoms with Crippen LogP contribution in [0.25, 0.3) is 0 Å². The fourth-order valence-electron chi connectivity index (χ4n) is 3.31. The van der Waals surface area contributed by atoms with Gasteiger partial charge in [0.1, 0.15) is 0 Å². The van der Waals surface area contributed by atoms with Gasteiger partial charge in [0.15, 0.2) is 0 Å². The van der Waals surface area contributed by atoms with Gasteiger partial charge in [-0.15, -0.1) is 0 Å². The number of nitrogens with zero attached hydrogens (tertiary/aromatic N) is 2. The van der Waals surface area contributed by atoms with E-state index in [2.05, 4.69) is 49.4 Å². The Hall–Kier alpha value is -1.77. The largest absolute Gasteiger partial charge is 0.376 e. The molecule has 0 fully saturated rings. The van der Waals surface area contributed by atoms with E-state index in [1.807, 2.05) is 11.7 Å². The van der Waals surface area contributed by atoms with Crippen LogP contribution in [0.2, 0.25) is 0 Å². The van der Waals surface area contributed by atoms with Crippen LogP contribution in [0.15, 0.2) is 18.2 Å². The van der Waals surface area contributed by atoms with Gasteiger partial charge in [0.2, 0.25) is 0 Å². The Bertz CT molecular complexity index is 655. The molecular formula is C18H25N3. The lowest BCUT2D eigenvalue weighted by Crippen LogP contribution is -2.10. The van der Waals surface area contributed by atoms with Crippen LogP contribution < -0.4 is 5.32 Å². The van der Waals surface area contributed by atoms with Gasteiger partial charge in [0.25, 0.3) is 0 Å². The molecule has 3 nitrogen and oxygen atoms in total. The minimum absolute atomic E-state index is 0.304. The van der Waals surface area contributed by atoms with Crippen molar-refractivity contribution in [2.24, 2.45) is 7.05 Å². The summed E-state index contributed by atoms with van der Waals surface area (Å²) < 4.78 is 1.94. The second-order valence-corrected chi connectivity index (χ2v) is 6.27. The van der Waals surface area contributed by atoms with Gasteiger partial charge in [-0.25, -0.2) is 0 Å². The summed E-state index contributed by atoms with van der Waals surface area (Å²) in [7, 11) is 2.00. The number of rotatable bonds is 3. The van der Waals surface area contributed by atoms with Crippen molar-refractivity contribution in [2.75, 3.05) is 5.32 Å². The van der Waals surface area contributed by atoms with Crippen LogP contribution in [-0.2, 0) is 19.9 Å². The molecule has 1 aliphatic rings. The third-order valence-electron chi connectivity index (χ3n) is 4.74. The average Bonchev–Trinajstić information content (AvgIpc) is 2.73. The molecule has 3 heteroatoms. The second kappa shape index (κ2) is 5.55.